The van der Waals surface area contributed by atoms with Gasteiger partial charge in [0.1, 0.15) is 18.1 Å². The van der Waals surface area contributed by atoms with E-state index in [0.717, 1.165) is 12.1 Å². The number of carbonyl (C=O) groups is 1. The van der Waals surface area contributed by atoms with Crippen LogP contribution >= 0.6 is 0 Å². The average Bonchev–Trinajstić information content (AvgIpc) is 2.81. The van der Waals surface area contributed by atoms with Crippen LogP contribution in [0.4, 0.5) is 18.9 Å². The SMILES string of the molecule is COc1ccc(OCCNC(=O)c2ccc(S(=O)(=O)Nc3cccc(C(F)(F)F)c3)cc2)cc1. The number of anilines is 1. The molecule has 3 rings (SSSR count). The maximum Gasteiger partial charge on any atom is 0.416 e. The van der Waals surface area contributed by atoms with E-state index < -0.39 is 27.7 Å². The normalized spacial score (nSPS) is 11.5. The fourth-order valence-electron chi connectivity index (χ4n) is 2.87. The van der Waals surface area contributed by atoms with Crippen molar-refractivity contribution < 1.29 is 35.9 Å². The lowest BCUT2D eigenvalue weighted by Gasteiger charge is -2.12. The second kappa shape index (κ2) is 10.5. The summed E-state index contributed by atoms with van der Waals surface area (Å²) in [4.78, 5) is 12.1. The van der Waals surface area contributed by atoms with Crippen LogP contribution in [0.2, 0.25) is 0 Å². The number of carbonyl (C=O) groups excluding carboxylic acids is 1. The Morgan fingerprint density at radius 2 is 1.59 bits per heavy atom. The molecule has 0 spiro atoms. The van der Waals surface area contributed by atoms with Crippen molar-refractivity contribution >= 4 is 21.6 Å². The van der Waals surface area contributed by atoms with Gasteiger partial charge in [-0.1, -0.05) is 6.07 Å². The van der Waals surface area contributed by atoms with Crippen molar-refractivity contribution in [3.8, 4) is 11.5 Å². The zero-order valence-electron chi connectivity index (χ0n) is 17.9. The smallest absolute Gasteiger partial charge is 0.416 e. The molecule has 0 saturated carbocycles. The number of hydrogen-bond acceptors (Lipinski definition) is 5. The van der Waals surface area contributed by atoms with Crippen molar-refractivity contribution in [2.24, 2.45) is 0 Å². The lowest BCUT2D eigenvalue weighted by molar-refractivity contribution is -0.137. The van der Waals surface area contributed by atoms with E-state index in [1.165, 1.54) is 30.3 Å². The van der Waals surface area contributed by atoms with Crippen LogP contribution in [0.15, 0.2) is 77.7 Å². The van der Waals surface area contributed by atoms with Crippen LogP contribution in [0.25, 0.3) is 0 Å². The van der Waals surface area contributed by atoms with Crippen molar-refractivity contribution in [1.82, 2.24) is 5.32 Å². The lowest BCUT2D eigenvalue weighted by Crippen LogP contribution is -2.28. The van der Waals surface area contributed by atoms with E-state index in [-0.39, 0.29) is 29.3 Å². The second-order valence-electron chi connectivity index (χ2n) is 6.99. The van der Waals surface area contributed by atoms with Gasteiger partial charge in [0.05, 0.1) is 24.1 Å². The molecule has 0 aliphatic rings. The zero-order valence-corrected chi connectivity index (χ0v) is 18.7. The molecule has 2 N–H and O–H groups in total. The number of nitrogens with one attached hydrogen (secondary N) is 2. The average molecular weight is 494 g/mol. The van der Waals surface area contributed by atoms with Crippen LogP contribution in [-0.2, 0) is 16.2 Å². The highest BCUT2D eigenvalue weighted by Crippen LogP contribution is 2.31. The first-order valence-corrected chi connectivity index (χ1v) is 11.4. The van der Waals surface area contributed by atoms with E-state index in [9.17, 15) is 26.4 Å². The molecule has 0 radical (unpaired) electrons. The Balaban J connectivity index is 1.55. The van der Waals surface area contributed by atoms with Crippen LogP contribution < -0.4 is 19.5 Å². The Hall–Kier alpha value is -3.73. The maximum absolute atomic E-state index is 12.8. The topological polar surface area (TPSA) is 93.7 Å². The summed E-state index contributed by atoms with van der Waals surface area (Å²) in [5.41, 5.74) is -0.994. The van der Waals surface area contributed by atoms with E-state index in [1.807, 2.05) is 0 Å². The van der Waals surface area contributed by atoms with Gasteiger partial charge in [-0.25, -0.2) is 8.42 Å². The third-order valence-corrected chi connectivity index (χ3v) is 5.98. The van der Waals surface area contributed by atoms with Crippen molar-refractivity contribution in [3.05, 3.63) is 83.9 Å². The molecule has 34 heavy (non-hydrogen) atoms. The first kappa shape index (κ1) is 24.9. The van der Waals surface area contributed by atoms with Gasteiger partial charge in [-0.05, 0) is 66.7 Å². The molecule has 7 nitrogen and oxygen atoms in total. The van der Waals surface area contributed by atoms with Crippen molar-refractivity contribution in [2.45, 2.75) is 11.1 Å². The van der Waals surface area contributed by atoms with Gasteiger partial charge in [-0.2, -0.15) is 13.2 Å². The molecule has 3 aromatic rings. The standard InChI is InChI=1S/C23H21F3N2O5S/c1-32-19-7-9-20(10-8-19)33-14-13-27-22(29)16-5-11-21(12-6-16)34(30,31)28-18-4-2-3-17(15-18)23(24,25)26/h2-12,15,28H,13-14H2,1H3,(H,27,29). The molecule has 0 aliphatic heterocycles. The van der Waals surface area contributed by atoms with Crippen LogP contribution in [0.1, 0.15) is 15.9 Å². The number of benzene rings is 3. The highest BCUT2D eigenvalue weighted by molar-refractivity contribution is 7.92. The third kappa shape index (κ3) is 6.64. The predicted molar refractivity (Wildman–Crippen MR) is 120 cm³/mol. The summed E-state index contributed by atoms with van der Waals surface area (Å²) < 4.78 is 76.2. The van der Waals surface area contributed by atoms with Crippen molar-refractivity contribution in [2.75, 3.05) is 25.0 Å². The van der Waals surface area contributed by atoms with Gasteiger partial charge in [0.25, 0.3) is 15.9 Å². The van der Waals surface area contributed by atoms with Gasteiger partial charge in [0.2, 0.25) is 0 Å². The van der Waals surface area contributed by atoms with Crippen molar-refractivity contribution in [1.29, 1.82) is 0 Å². The molecule has 1 amide bonds. The summed E-state index contributed by atoms with van der Waals surface area (Å²) in [6.45, 7) is 0.424. The largest absolute Gasteiger partial charge is 0.497 e. The number of alkyl halides is 3. The van der Waals surface area contributed by atoms with Gasteiger partial charge >= 0.3 is 6.18 Å². The Bertz CT molecular complexity index is 1230. The minimum Gasteiger partial charge on any atom is -0.497 e. The van der Waals surface area contributed by atoms with E-state index in [4.69, 9.17) is 9.47 Å². The molecule has 0 aromatic heterocycles. The molecule has 11 heteroatoms. The summed E-state index contributed by atoms with van der Waals surface area (Å²) in [5, 5.41) is 2.65. The highest BCUT2D eigenvalue weighted by Gasteiger charge is 2.30. The van der Waals surface area contributed by atoms with E-state index in [2.05, 4.69) is 10.0 Å². The predicted octanol–water partition coefficient (Wildman–Crippen LogP) is 4.32. The molecular weight excluding hydrogens is 473 g/mol. The minimum atomic E-state index is -4.60. The summed E-state index contributed by atoms with van der Waals surface area (Å²) in [6, 6.07) is 15.8. The van der Waals surface area contributed by atoms with E-state index in [0.29, 0.717) is 17.6 Å². The van der Waals surface area contributed by atoms with Crippen LogP contribution in [0, 0.1) is 0 Å². The van der Waals surface area contributed by atoms with Gasteiger partial charge < -0.3 is 14.8 Å². The molecule has 180 valence electrons. The first-order valence-electron chi connectivity index (χ1n) is 9.94. The Morgan fingerprint density at radius 1 is 0.941 bits per heavy atom. The fraction of sp³-hybridized carbons (Fsp3) is 0.174. The maximum atomic E-state index is 12.8. The number of methoxy groups -OCH3 is 1. The Kier molecular flexibility index (Phi) is 7.67. The Labute approximate surface area is 194 Å². The lowest BCUT2D eigenvalue weighted by atomic mass is 10.2. The van der Waals surface area contributed by atoms with Gasteiger partial charge in [-0.15, -0.1) is 0 Å². The van der Waals surface area contributed by atoms with Crippen LogP contribution in [0.3, 0.4) is 0 Å². The molecule has 0 aliphatic carbocycles. The molecule has 0 saturated heterocycles. The zero-order chi connectivity index (χ0) is 24.8. The number of halogens is 3. The monoisotopic (exact) mass is 494 g/mol. The van der Waals surface area contributed by atoms with Crippen LogP contribution in [0.5, 0.6) is 11.5 Å². The molecule has 3 aromatic carbocycles. The number of rotatable bonds is 9. The molecule has 0 unspecified atom stereocenters. The number of amides is 1. The first-order chi connectivity index (χ1) is 16.1. The molecule has 0 atom stereocenters. The third-order valence-electron chi connectivity index (χ3n) is 4.58. The number of ether oxygens (including phenoxy) is 2. The minimum absolute atomic E-state index is 0.204. The van der Waals surface area contributed by atoms with Crippen molar-refractivity contribution in [3.63, 3.8) is 0 Å². The fourth-order valence-corrected chi connectivity index (χ4v) is 3.92. The van der Waals surface area contributed by atoms with Gasteiger partial charge in [-0.3, -0.25) is 9.52 Å². The Morgan fingerprint density at radius 3 is 2.21 bits per heavy atom. The van der Waals surface area contributed by atoms with E-state index >= 15 is 0 Å². The van der Waals surface area contributed by atoms with Crippen LogP contribution in [-0.4, -0.2) is 34.6 Å². The van der Waals surface area contributed by atoms with Gasteiger partial charge in [0.15, 0.2) is 0 Å². The molecule has 0 fully saturated rings. The quantitative estimate of drug-likeness (QED) is 0.432. The molecular formula is C23H21F3N2O5S. The summed E-state index contributed by atoms with van der Waals surface area (Å²) in [6.07, 6.45) is -4.60. The van der Waals surface area contributed by atoms with E-state index in [1.54, 1.807) is 31.4 Å². The summed E-state index contributed by atoms with van der Waals surface area (Å²) in [5.74, 6) is 0.863. The second-order valence-corrected chi connectivity index (χ2v) is 8.67. The number of sulfonamides is 1. The summed E-state index contributed by atoms with van der Waals surface area (Å²) in [7, 11) is -2.60. The molecule has 0 heterocycles. The highest BCUT2D eigenvalue weighted by atomic mass is 32.2. The van der Waals surface area contributed by atoms with Gasteiger partial charge in [0, 0.05) is 11.3 Å². The summed E-state index contributed by atoms with van der Waals surface area (Å²) >= 11 is 0. The molecule has 0 bridgehead atoms. The number of hydrogen-bond donors (Lipinski definition) is 2.